The topological polar surface area (TPSA) is 96.1 Å². The Hall–Kier alpha value is -3.00. The van der Waals surface area contributed by atoms with Gasteiger partial charge in [0.15, 0.2) is 5.82 Å². The molecule has 1 aromatic heterocycles. The number of hydrogen-bond acceptors (Lipinski definition) is 6. The number of carbonyl (C=O) groups is 1. The predicted octanol–water partition coefficient (Wildman–Crippen LogP) is 0.582. The Morgan fingerprint density at radius 1 is 1.29 bits per heavy atom. The van der Waals surface area contributed by atoms with Crippen molar-refractivity contribution in [3.05, 3.63) is 68.2 Å². The first-order chi connectivity index (χ1) is 11.5. The summed E-state index contributed by atoms with van der Waals surface area (Å²) < 4.78 is 1.97. The van der Waals surface area contributed by atoms with E-state index in [9.17, 15) is 14.4 Å². The molecule has 3 heterocycles. The van der Waals surface area contributed by atoms with Gasteiger partial charge in [0.05, 0.1) is 12.1 Å². The molecule has 1 aromatic rings. The van der Waals surface area contributed by atoms with Gasteiger partial charge in [-0.05, 0) is 23.8 Å². The van der Waals surface area contributed by atoms with Gasteiger partial charge in [0, 0.05) is 19.3 Å². The second kappa shape index (κ2) is 6.25. The summed E-state index contributed by atoms with van der Waals surface area (Å²) in [4.78, 5) is 47.8. The Balaban J connectivity index is 2.11. The minimum Gasteiger partial charge on any atom is -0.329 e. The van der Waals surface area contributed by atoms with Crippen LogP contribution in [0.25, 0.3) is 11.4 Å². The van der Waals surface area contributed by atoms with Crippen molar-refractivity contribution in [2.24, 2.45) is 0 Å². The van der Waals surface area contributed by atoms with E-state index in [2.05, 4.69) is 14.8 Å². The van der Waals surface area contributed by atoms with E-state index >= 15 is 0 Å². The zero-order valence-corrected chi connectivity index (χ0v) is 13.2. The summed E-state index contributed by atoms with van der Waals surface area (Å²) in [5, 5.41) is 0.367. The molecule has 0 spiro atoms. The minimum absolute atomic E-state index is 0.153. The molecular formula is C15H11ClN4O4. The molecule has 24 heavy (non-hydrogen) atoms. The molecule has 2 aliphatic heterocycles. The quantitative estimate of drug-likeness (QED) is 0.644. The molecule has 0 aromatic carbocycles. The number of aromatic nitrogens is 4. The molecule has 3 rings (SSSR count). The van der Waals surface area contributed by atoms with Crippen molar-refractivity contribution >= 4 is 17.6 Å². The highest BCUT2D eigenvalue weighted by Crippen LogP contribution is 2.15. The summed E-state index contributed by atoms with van der Waals surface area (Å²) in [5.41, 5.74) is -0.740. The molecule has 0 amide bonds. The Labute approximate surface area is 140 Å². The first kappa shape index (κ1) is 15.9. The third-order valence-electron chi connectivity index (χ3n) is 3.19. The van der Waals surface area contributed by atoms with Gasteiger partial charge in [-0.2, -0.15) is 4.98 Å². The summed E-state index contributed by atoms with van der Waals surface area (Å²) >= 11 is 5.75. The van der Waals surface area contributed by atoms with Gasteiger partial charge in [-0.15, -0.1) is 0 Å². The molecule has 0 saturated heterocycles. The van der Waals surface area contributed by atoms with Crippen LogP contribution >= 0.6 is 11.6 Å². The number of fused-ring (bicyclic) bond motifs is 1. The molecule has 122 valence electrons. The molecule has 0 radical (unpaired) electrons. The number of halogens is 1. The van der Waals surface area contributed by atoms with Crippen molar-refractivity contribution in [3.8, 4) is 11.4 Å². The molecule has 2 aliphatic rings. The van der Waals surface area contributed by atoms with Gasteiger partial charge >= 0.3 is 11.7 Å². The SMILES string of the molecule is CC(=O)On1c(=O)nc2n(Cc3ccc(Cl)nc3)cccc-2c1=O. The largest absolute Gasteiger partial charge is 0.386 e. The fourth-order valence-electron chi connectivity index (χ4n) is 2.20. The van der Waals surface area contributed by atoms with Crippen LogP contribution in [0.1, 0.15) is 12.5 Å². The maximum atomic E-state index is 12.3. The van der Waals surface area contributed by atoms with Crippen LogP contribution < -0.4 is 16.1 Å². The lowest BCUT2D eigenvalue weighted by Gasteiger charge is -2.14. The molecule has 0 unspecified atom stereocenters. The second-order valence-electron chi connectivity index (χ2n) is 4.94. The maximum absolute atomic E-state index is 12.3. The standard InChI is InChI=1S/C15H11ClN4O4/c1-9(21)24-20-14(22)11-3-2-6-19(13(11)18-15(20)23)8-10-4-5-12(16)17-7-10/h2-7H,8H2,1H3. The molecule has 0 aliphatic carbocycles. The van der Waals surface area contributed by atoms with Gasteiger partial charge in [-0.25, -0.2) is 14.6 Å². The van der Waals surface area contributed by atoms with Crippen LogP contribution in [0.15, 0.2) is 46.2 Å². The number of hydrogen-bond donors (Lipinski definition) is 0. The summed E-state index contributed by atoms with van der Waals surface area (Å²) in [6.45, 7) is 1.43. The summed E-state index contributed by atoms with van der Waals surface area (Å²) in [7, 11) is 0. The van der Waals surface area contributed by atoms with Crippen LogP contribution in [0.4, 0.5) is 0 Å². The van der Waals surface area contributed by atoms with Crippen LogP contribution in [-0.2, 0) is 11.3 Å². The van der Waals surface area contributed by atoms with Crippen LogP contribution in [-0.4, -0.2) is 25.2 Å². The van der Waals surface area contributed by atoms with Crippen LogP contribution in [0.5, 0.6) is 0 Å². The minimum atomic E-state index is -0.961. The highest BCUT2D eigenvalue weighted by Gasteiger charge is 2.18. The zero-order chi connectivity index (χ0) is 17.3. The lowest BCUT2D eigenvalue weighted by Crippen LogP contribution is -2.43. The highest BCUT2D eigenvalue weighted by atomic mass is 35.5. The smallest absolute Gasteiger partial charge is 0.329 e. The molecule has 0 bridgehead atoms. The number of pyridine rings is 2. The normalized spacial score (nSPS) is 10.8. The summed E-state index contributed by atoms with van der Waals surface area (Å²) in [6, 6.07) is 6.56. The van der Waals surface area contributed by atoms with E-state index in [0.29, 0.717) is 16.4 Å². The Kier molecular flexibility index (Phi) is 4.13. The third kappa shape index (κ3) is 3.04. The van der Waals surface area contributed by atoms with Crippen LogP contribution in [0, 0.1) is 0 Å². The van der Waals surface area contributed by atoms with Gasteiger partial charge in [-0.3, -0.25) is 4.79 Å². The Morgan fingerprint density at radius 2 is 2.08 bits per heavy atom. The number of nitrogens with zero attached hydrogens (tertiary/aromatic N) is 4. The lowest BCUT2D eigenvalue weighted by atomic mass is 10.2. The van der Waals surface area contributed by atoms with Gasteiger partial charge in [0.2, 0.25) is 0 Å². The van der Waals surface area contributed by atoms with E-state index in [-0.39, 0.29) is 11.4 Å². The Morgan fingerprint density at radius 3 is 2.75 bits per heavy atom. The molecule has 0 N–H and O–H groups in total. The van der Waals surface area contributed by atoms with Crippen molar-refractivity contribution in [3.63, 3.8) is 0 Å². The van der Waals surface area contributed by atoms with Crippen molar-refractivity contribution in [1.82, 2.24) is 19.3 Å². The van der Waals surface area contributed by atoms with Crippen molar-refractivity contribution in [2.75, 3.05) is 0 Å². The third-order valence-corrected chi connectivity index (χ3v) is 3.42. The number of rotatable bonds is 3. The molecule has 9 heteroatoms. The van der Waals surface area contributed by atoms with Crippen LogP contribution in [0.2, 0.25) is 5.15 Å². The van der Waals surface area contributed by atoms with Gasteiger partial charge < -0.3 is 9.40 Å². The van der Waals surface area contributed by atoms with E-state index in [0.717, 1.165) is 12.5 Å². The Bertz CT molecular complexity index is 994. The fourth-order valence-corrected chi connectivity index (χ4v) is 2.31. The predicted molar refractivity (Wildman–Crippen MR) is 85.0 cm³/mol. The van der Waals surface area contributed by atoms with Crippen LogP contribution in [0.3, 0.4) is 0 Å². The zero-order valence-electron chi connectivity index (χ0n) is 12.5. The monoisotopic (exact) mass is 346 g/mol. The van der Waals surface area contributed by atoms with E-state index in [4.69, 9.17) is 11.6 Å². The second-order valence-corrected chi connectivity index (χ2v) is 5.33. The van der Waals surface area contributed by atoms with Crippen molar-refractivity contribution in [1.29, 1.82) is 0 Å². The average molecular weight is 347 g/mol. The first-order valence-electron chi connectivity index (χ1n) is 6.87. The maximum Gasteiger partial charge on any atom is 0.386 e. The highest BCUT2D eigenvalue weighted by molar-refractivity contribution is 6.29. The first-order valence-corrected chi connectivity index (χ1v) is 7.25. The van der Waals surface area contributed by atoms with Crippen molar-refractivity contribution < 1.29 is 9.63 Å². The average Bonchev–Trinajstić information content (AvgIpc) is 2.54. The summed E-state index contributed by atoms with van der Waals surface area (Å²) in [6.07, 6.45) is 3.27. The van der Waals surface area contributed by atoms with E-state index in [1.54, 1.807) is 35.2 Å². The van der Waals surface area contributed by atoms with Crippen molar-refractivity contribution in [2.45, 2.75) is 13.5 Å². The summed E-state index contributed by atoms with van der Waals surface area (Å²) in [5.74, 6) is -0.600. The van der Waals surface area contributed by atoms with Gasteiger partial charge in [0.1, 0.15) is 5.15 Å². The van der Waals surface area contributed by atoms with E-state index < -0.39 is 17.2 Å². The fraction of sp³-hybridized carbons (Fsp3) is 0.133. The van der Waals surface area contributed by atoms with E-state index in [1.165, 1.54) is 6.07 Å². The molecular weight excluding hydrogens is 336 g/mol. The van der Waals surface area contributed by atoms with E-state index in [1.807, 2.05) is 0 Å². The molecule has 8 nitrogen and oxygen atoms in total. The molecule has 0 saturated carbocycles. The molecule has 0 fully saturated rings. The molecule has 0 atom stereocenters. The van der Waals surface area contributed by atoms with Gasteiger partial charge in [-0.1, -0.05) is 22.4 Å². The number of carbonyl (C=O) groups excluding carboxylic acids is 1. The van der Waals surface area contributed by atoms with Gasteiger partial charge in [0.25, 0.3) is 5.56 Å². The lowest BCUT2D eigenvalue weighted by molar-refractivity contribution is -0.142.